The third-order valence-corrected chi connectivity index (χ3v) is 3.07. The van der Waals surface area contributed by atoms with E-state index in [1.165, 1.54) is 0 Å². The van der Waals surface area contributed by atoms with Crippen LogP contribution in [0.15, 0.2) is 18.2 Å². The van der Waals surface area contributed by atoms with Gasteiger partial charge in [0.05, 0.1) is 4.92 Å². The molecule has 0 amide bonds. The van der Waals surface area contributed by atoms with Gasteiger partial charge in [-0.15, -0.1) is 0 Å². The number of nitro benzene ring substituents is 1. The van der Waals surface area contributed by atoms with Crippen LogP contribution >= 0.6 is 0 Å². The normalized spacial score (nSPS) is 20.7. The highest BCUT2D eigenvalue weighted by atomic mass is 16.6. The topological polar surface area (TPSA) is 55.2 Å². The molecule has 0 aromatic heterocycles. The van der Waals surface area contributed by atoms with Crippen LogP contribution in [0.2, 0.25) is 0 Å². The molecule has 0 spiro atoms. The van der Waals surface area contributed by atoms with Gasteiger partial charge in [0.15, 0.2) is 0 Å². The van der Waals surface area contributed by atoms with Crippen molar-refractivity contribution in [3.63, 3.8) is 0 Å². The van der Waals surface area contributed by atoms with Crippen molar-refractivity contribution in [2.24, 2.45) is 0 Å². The Balaban J connectivity index is 2.38. The molecule has 1 heterocycles. The minimum atomic E-state index is -0.313. The lowest BCUT2D eigenvalue weighted by molar-refractivity contribution is -0.386. The van der Waals surface area contributed by atoms with E-state index in [4.69, 9.17) is 0 Å². The molecule has 1 aromatic carbocycles. The predicted octanol–water partition coefficient (Wildman–Crippen LogP) is 2.24. The van der Waals surface area contributed by atoms with Gasteiger partial charge in [0, 0.05) is 23.6 Å². The third-order valence-electron chi connectivity index (χ3n) is 3.07. The van der Waals surface area contributed by atoms with Crippen LogP contribution in [0.4, 0.5) is 5.69 Å². The summed E-state index contributed by atoms with van der Waals surface area (Å²) in [6, 6.07) is 5.39. The number of hydrogen-bond donors (Lipinski definition) is 1. The summed E-state index contributed by atoms with van der Waals surface area (Å²) in [5.41, 5.74) is 1.52. The third kappa shape index (κ3) is 2.07. The fourth-order valence-electron chi connectivity index (χ4n) is 2.28. The van der Waals surface area contributed by atoms with E-state index in [1.807, 2.05) is 12.1 Å². The van der Waals surface area contributed by atoms with Gasteiger partial charge >= 0.3 is 0 Å². The Kier molecular flexibility index (Phi) is 3.19. The van der Waals surface area contributed by atoms with Crippen molar-refractivity contribution in [2.75, 3.05) is 13.1 Å². The van der Waals surface area contributed by atoms with E-state index in [9.17, 15) is 10.1 Å². The highest BCUT2D eigenvalue weighted by Gasteiger charge is 2.24. The maximum Gasteiger partial charge on any atom is 0.276 e. The van der Waals surface area contributed by atoms with Gasteiger partial charge in [0.25, 0.3) is 5.69 Å². The molecule has 16 heavy (non-hydrogen) atoms. The van der Waals surface area contributed by atoms with Crippen LogP contribution in [0.3, 0.4) is 0 Å². The van der Waals surface area contributed by atoms with Gasteiger partial charge < -0.3 is 5.32 Å². The maximum absolute atomic E-state index is 11.0. The maximum atomic E-state index is 11.0. The number of nitro groups is 1. The Bertz CT molecular complexity index is 398. The molecule has 1 N–H and O–H groups in total. The molecule has 0 aliphatic carbocycles. The lowest BCUT2D eigenvalue weighted by Crippen LogP contribution is -2.28. The number of hydrogen-bond acceptors (Lipinski definition) is 3. The van der Waals surface area contributed by atoms with Crippen molar-refractivity contribution in [3.05, 3.63) is 46.4 Å². The first kappa shape index (κ1) is 11.1. The zero-order chi connectivity index (χ0) is 11.5. The van der Waals surface area contributed by atoms with Gasteiger partial charge in [-0.2, -0.15) is 0 Å². The van der Waals surface area contributed by atoms with Crippen LogP contribution in [-0.4, -0.2) is 18.0 Å². The zero-order valence-corrected chi connectivity index (χ0v) is 9.11. The molecule has 1 radical (unpaired) electrons. The lowest BCUT2D eigenvalue weighted by Gasteiger charge is -2.23. The highest BCUT2D eigenvalue weighted by molar-refractivity contribution is 5.51. The fraction of sp³-hybridized carbons (Fsp3) is 0.417. The molecule has 2 rings (SSSR count). The van der Waals surface area contributed by atoms with Crippen molar-refractivity contribution in [1.82, 2.24) is 5.32 Å². The first-order valence-corrected chi connectivity index (χ1v) is 5.50. The molecular weight excluding hydrogens is 204 g/mol. The Labute approximate surface area is 94.8 Å². The van der Waals surface area contributed by atoms with E-state index in [0.29, 0.717) is 5.56 Å². The zero-order valence-electron chi connectivity index (χ0n) is 9.11. The molecule has 85 valence electrons. The number of para-hydroxylation sites is 1. The summed E-state index contributed by atoms with van der Waals surface area (Å²) in [5.74, 6) is 0.246. The molecule has 0 bridgehead atoms. The van der Waals surface area contributed by atoms with E-state index >= 15 is 0 Å². The Morgan fingerprint density at radius 2 is 2.31 bits per heavy atom. The smallest absolute Gasteiger partial charge is 0.276 e. The second-order valence-corrected chi connectivity index (χ2v) is 4.16. The summed E-state index contributed by atoms with van der Waals surface area (Å²) in [5, 5.41) is 14.3. The molecule has 1 atom stereocenters. The summed E-state index contributed by atoms with van der Waals surface area (Å²) >= 11 is 0. The average Bonchev–Trinajstić information content (AvgIpc) is 2.29. The first-order valence-electron chi connectivity index (χ1n) is 5.50. The second kappa shape index (κ2) is 4.61. The standard InChI is InChI=1S/C12H15N2O2/c1-9-4-2-6-11(12(9)14(15)16)10-5-3-7-13-8-10/h2,4,6,10,13H,1,3,5,7-8H2. The van der Waals surface area contributed by atoms with Gasteiger partial charge in [-0.1, -0.05) is 18.2 Å². The molecule has 1 aliphatic rings. The van der Waals surface area contributed by atoms with Crippen LogP contribution < -0.4 is 5.32 Å². The Morgan fingerprint density at radius 1 is 1.50 bits per heavy atom. The second-order valence-electron chi connectivity index (χ2n) is 4.16. The summed E-state index contributed by atoms with van der Waals surface area (Å²) in [7, 11) is 0. The van der Waals surface area contributed by atoms with E-state index in [2.05, 4.69) is 12.2 Å². The van der Waals surface area contributed by atoms with Crippen molar-refractivity contribution in [2.45, 2.75) is 18.8 Å². The monoisotopic (exact) mass is 219 g/mol. The molecule has 4 heteroatoms. The molecule has 1 aromatic rings. The molecule has 1 saturated heterocycles. The molecule has 4 nitrogen and oxygen atoms in total. The summed E-state index contributed by atoms with van der Waals surface area (Å²) in [6.45, 7) is 5.57. The minimum Gasteiger partial charge on any atom is -0.316 e. The van der Waals surface area contributed by atoms with Crippen LogP contribution in [0.25, 0.3) is 0 Å². The Morgan fingerprint density at radius 3 is 2.94 bits per heavy atom. The van der Waals surface area contributed by atoms with Gasteiger partial charge in [0.2, 0.25) is 0 Å². The Hall–Kier alpha value is -1.42. The molecule has 1 aliphatic heterocycles. The number of benzene rings is 1. The van der Waals surface area contributed by atoms with Crippen LogP contribution in [0.1, 0.15) is 29.9 Å². The highest BCUT2D eigenvalue weighted by Crippen LogP contribution is 2.32. The number of nitrogens with one attached hydrogen (secondary N) is 1. The van der Waals surface area contributed by atoms with Crippen molar-refractivity contribution in [3.8, 4) is 0 Å². The first-order chi connectivity index (χ1) is 7.70. The summed E-state index contributed by atoms with van der Waals surface area (Å²) in [4.78, 5) is 10.7. The number of nitrogens with zero attached hydrogens (tertiary/aromatic N) is 1. The van der Waals surface area contributed by atoms with E-state index in [0.717, 1.165) is 31.5 Å². The predicted molar refractivity (Wildman–Crippen MR) is 62.4 cm³/mol. The quantitative estimate of drug-likeness (QED) is 0.613. The lowest BCUT2D eigenvalue weighted by atomic mass is 9.89. The fourth-order valence-corrected chi connectivity index (χ4v) is 2.28. The van der Waals surface area contributed by atoms with Crippen LogP contribution in [0, 0.1) is 17.0 Å². The van der Waals surface area contributed by atoms with Crippen LogP contribution in [-0.2, 0) is 0 Å². The number of rotatable bonds is 2. The van der Waals surface area contributed by atoms with Crippen LogP contribution in [0.5, 0.6) is 0 Å². The molecular formula is C12H15N2O2. The van der Waals surface area contributed by atoms with Gasteiger partial charge in [-0.25, -0.2) is 0 Å². The molecule has 0 saturated carbocycles. The summed E-state index contributed by atoms with van der Waals surface area (Å²) < 4.78 is 0. The van der Waals surface area contributed by atoms with Crippen molar-refractivity contribution >= 4 is 5.69 Å². The van der Waals surface area contributed by atoms with Crippen molar-refractivity contribution in [1.29, 1.82) is 0 Å². The number of piperidine rings is 1. The van der Waals surface area contributed by atoms with E-state index < -0.39 is 0 Å². The molecule has 1 unspecified atom stereocenters. The summed E-state index contributed by atoms with van der Waals surface area (Å²) in [6.07, 6.45) is 2.08. The largest absolute Gasteiger partial charge is 0.316 e. The minimum absolute atomic E-state index is 0.191. The SMILES string of the molecule is [CH2]c1cccc(C2CCCNC2)c1[N+](=O)[O-]. The van der Waals surface area contributed by atoms with E-state index in [1.54, 1.807) is 6.07 Å². The van der Waals surface area contributed by atoms with Gasteiger partial charge in [-0.05, 0) is 26.3 Å². The van der Waals surface area contributed by atoms with Gasteiger partial charge in [-0.3, -0.25) is 10.1 Å². The van der Waals surface area contributed by atoms with Crippen molar-refractivity contribution < 1.29 is 4.92 Å². The average molecular weight is 219 g/mol. The van der Waals surface area contributed by atoms with Gasteiger partial charge in [0.1, 0.15) is 0 Å². The van der Waals surface area contributed by atoms with E-state index in [-0.39, 0.29) is 16.5 Å². The molecule has 1 fully saturated rings.